The first-order valence-corrected chi connectivity index (χ1v) is 8.63. The van der Waals surface area contributed by atoms with Crippen LogP contribution in [0.1, 0.15) is 0 Å². The fraction of sp³-hybridized carbons (Fsp3) is 0. The lowest BCUT2D eigenvalue weighted by Crippen LogP contribution is -1.90. The Bertz CT molecular complexity index is 1020. The molecular weight excluding hydrogens is 380 g/mol. The zero-order valence-electron chi connectivity index (χ0n) is 12.6. The van der Waals surface area contributed by atoms with Crippen molar-refractivity contribution in [2.75, 3.05) is 0 Å². The first-order valence-electron chi connectivity index (χ1n) is 7.00. The summed E-state index contributed by atoms with van der Waals surface area (Å²) in [6.07, 6.45) is 2.37. The summed E-state index contributed by atoms with van der Waals surface area (Å²) in [5, 5.41) is 22.6. The molecule has 0 aliphatic carbocycles. The molecule has 4 rings (SSSR count). The van der Waals surface area contributed by atoms with E-state index < -0.39 is 9.85 Å². The highest BCUT2D eigenvalue weighted by Gasteiger charge is 2.16. The van der Waals surface area contributed by atoms with E-state index in [9.17, 15) is 20.2 Å². The molecule has 10 nitrogen and oxygen atoms in total. The van der Waals surface area contributed by atoms with Crippen molar-refractivity contribution in [3.63, 3.8) is 0 Å². The van der Waals surface area contributed by atoms with Crippen LogP contribution in [0.4, 0.5) is 11.4 Å². The van der Waals surface area contributed by atoms with Crippen LogP contribution in [-0.4, -0.2) is 29.8 Å². The molecular formula is C14H6N6O4S2. The molecule has 0 bridgehead atoms. The molecule has 0 spiro atoms. The maximum absolute atomic E-state index is 10.7. The van der Waals surface area contributed by atoms with E-state index in [-0.39, 0.29) is 11.4 Å². The van der Waals surface area contributed by atoms with Gasteiger partial charge < -0.3 is 0 Å². The number of aromatic nitrogens is 4. The fourth-order valence-electron chi connectivity index (χ4n) is 2.10. The summed E-state index contributed by atoms with van der Waals surface area (Å²) in [6, 6.07) is 5.83. The molecule has 4 heterocycles. The predicted molar refractivity (Wildman–Crippen MR) is 95.1 cm³/mol. The molecule has 0 saturated carbocycles. The van der Waals surface area contributed by atoms with E-state index in [1.54, 1.807) is 12.1 Å². The minimum absolute atomic E-state index is 0.0863. The van der Waals surface area contributed by atoms with Gasteiger partial charge in [-0.1, -0.05) is 22.7 Å². The molecule has 0 aliphatic heterocycles. The molecule has 0 aliphatic rings. The lowest BCUT2D eigenvalue weighted by Gasteiger charge is -1.95. The number of nitro groups is 2. The summed E-state index contributed by atoms with van der Waals surface area (Å²) in [6.45, 7) is 0. The summed E-state index contributed by atoms with van der Waals surface area (Å²) in [5.74, 6) is 0. The average Bonchev–Trinajstić information content (AvgIpc) is 3.21. The van der Waals surface area contributed by atoms with E-state index in [2.05, 4.69) is 19.9 Å². The van der Waals surface area contributed by atoms with Gasteiger partial charge in [-0.05, 0) is 12.1 Å². The second-order valence-corrected chi connectivity index (χ2v) is 6.92. The van der Waals surface area contributed by atoms with Gasteiger partial charge in [-0.25, -0.2) is 19.9 Å². The first-order chi connectivity index (χ1) is 12.5. The van der Waals surface area contributed by atoms with Gasteiger partial charge in [0.25, 0.3) is 11.4 Å². The monoisotopic (exact) mass is 386 g/mol. The third kappa shape index (κ3) is 2.87. The van der Waals surface area contributed by atoms with E-state index >= 15 is 0 Å². The molecule has 0 saturated heterocycles. The van der Waals surface area contributed by atoms with Crippen LogP contribution in [0, 0.1) is 20.2 Å². The van der Waals surface area contributed by atoms with Crippen LogP contribution in [0.25, 0.3) is 31.1 Å². The van der Waals surface area contributed by atoms with E-state index in [1.807, 2.05) is 0 Å². The molecule has 0 radical (unpaired) electrons. The SMILES string of the molecule is O=[N+]([O-])c1ccc(-c2nc3sc(-c4ccc([N+](=O)[O-])cn4)nc3s2)nc1. The second-order valence-electron chi connectivity index (χ2n) is 4.97. The van der Waals surface area contributed by atoms with Gasteiger partial charge in [-0.3, -0.25) is 20.2 Å². The minimum atomic E-state index is -0.512. The Kier molecular flexibility index (Phi) is 3.82. The Labute approximate surface area is 152 Å². The van der Waals surface area contributed by atoms with Crippen molar-refractivity contribution in [2.45, 2.75) is 0 Å². The van der Waals surface area contributed by atoms with Crippen LogP contribution in [0.15, 0.2) is 36.7 Å². The van der Waals surface area contributed by atoms with Crippen LogP contribution in [0.5, 0.6) is 0 Å². The highest BCUT2D eigenvalue weighted by Crippen LogP contribution is 2.35. The van der Waals surface area contributed by atoms with Crippen LogP contribution < -0.4 is 0 Å². The molecule has 4 aromatic rings. The molecule has 0 aromatic carbocycles. The number of nitrogens with zero attached hydrogens (tertiary/aromatic N) is 6. The Balaban J connectivity index is 1.64. The molecule has 0 atom stereocenters. The van der Waals surface area contributed by atoms with E-state index in [4.69, 9.17) is 0 Å². The molecule has 12 heteroatoms. The second kappa shape index (κ2) is 6.16. The predicted octanol–water partition coefficient (Wildman–Crippen LogP) is 3.69. The Morgan fingerprint density at radius 3 is 1.46 bits per heavy atom. The number of hydrogen-bond donors (Lipinski definition) is 0. The molecule has 0 N–H and O–H groups in total. The maximum Gasteiger partial charge on any atom is 0.287 e. The maximum atomic E-state index is 10.7. The molecule has 0 unspecified atom stereocenters. The Morgan fingerprint density at radius 1 is 0.731 bits per heavy atom. The third-order valence-electron chi connectivity index (χ3n) is 3.33. The van der Waals surface area contributed by atoms with Crippen LogP contribution in [-0.2, 0) is 0 Å². The summed E-state index contributed by atoms with van der Waals surface area (Å²) < 4.78 is 0. The largest absolute Gasteiger partial charge is 0.287 e. The summed E-state index contributed by atoms with van der Waals surface area (Å²) in [7, 11) is 0. The van der Waals surface area contributed by atoms with E-state index in [1.165, 1.54) is 47.2 Å². The van der Waals surface area contributed by atoms with Gasteiger partial charge in [0.15, 0.2) is 9.66 Å². The van der Waals surface area contributed by atoms with Gasteiger partial charge in [-0.15, -0.1) is 0 Å². The fourth-order valence-corrected chi connectivity index (χ4v) is 4.10. The number of pyridine rings is 2. The molecule has 0 amide bonds. The number of fused-ring (bicyclic) bond motifs is 1. The molecule has 0 fully saturated rings. The summed E-state index contributed by atoms with van der Waals surface area (Å²) >= 11 is 2.62. The van der Waals surface area contributed by atoms with Crippen molar-refractivity contribution in [1.29, 1.82) is 0 Å². The highest BCUT2D eigenvalue weighted by molar-refractivity contribution is 7.29. The van der Waals surface area contributed by atoms with Crippen molar-refractivity contribution in [1.82, 2.24) is 19.9 Å². The first kappa shape index (κ1) is 16.1. The van der Waals surface area contributed by atoms with Crippen LogP contribution in [0.3, 0.4) is 0 Å². The Hall–Kier alpha value is -3.38. The zero-order chi connectivity index (χ0) is 18.3. The van der Waals surface area contributed by atoms with Gasteiger partial charge in [0, 0.05) is 12.1 Å². The van der Waals surface area contributed by atoms with Gasteiger partial charge in [0.05, 0.1) is 21.2 Å². The topological polar surface area (TPSA) is 138 Å². The highest BCUT2D eigenvalue weighted by atomic mass is 32.1. The van der Waals surface area contributed by atoms with Crippen molar-refractivity contribution in [2.24, 2.45) is 0 Å². The normalized spacial score (nSPS) is 10.9. The van der Waals surface area contributed by atoms with Crippen LogP contribution in [0.2, 0.25) is 0 Å². The van der Waals surface area contributed by atoms with Gasteiger partial charge >= 0.3 is 0 Å². The van der Waals surface area contributed by atoms with E-state index in [0.717, 1.165) is 0 Å². The van der Waals surface area contributed by atoms with Crippen molar-refractivity contribution < 1.29 is 9.85 Å². The quantitative estimate of drug-likeness (QED) is 0.382. The molecule has 26 heavy (non-hydrogen) atoms. The van der Waals surface area contributed by atoms with Crippen molar-refractivity contribution >= 4 is 43.7 Å². The lowest BCUT2D eigenvalue weighted by atomic mass is 10.3. The molecule has 4 aromatic heterocycles. The summed E-state index contributed by atoms with van der Waals surface area (Å²) in [5.41, 5.74) is 0.884. The third-order valence-corrected chi connectivity index (χ3v) is 5.40. The number of hydrogen-bond acceptors (Lipinski definition) is 10. The standard InChI is InChI=1S/C14H6N6O4S2/c21-19(22)7-1-3-9(15-5-7)11-17-13-14(25-11)18-12(26-13)10-4-2-8(6-16-10)20(23)24/h1-6H. The van der Waals surface area contributed by atoms with Crippen LogP contribution >= 0.6 is 22.7 Å². The van der Waals surface area contributed by atoms with Gasteiger partial charge in [0.1, 0.15) is 22.4 Å². The minimum Gasteiger partial charge on any atom is -0.258 e. The summed E-state index contributed by atoms with van der Waals surface area (Å²) in [4.78, 5) is 38.7. The Morgan fingerprint density at radius 2 is 1.15 bits per heavy atom. The van der Waals surface area contributed by atoms with Crippen molar-refractivity contribution in [3.05, 3.63) is 56.9 Å². The van der Waals surface area contributed by atoms with Crippen molar-refractivity contribution in [3.8, 4) is 21.4 Å². The average molecular weight is 386 g/mol. The number of rotatable bonds is 4. The molecule has 128 valence electrons. The van der Waals surface area contributed by atoms with E-state index in [0.29, 0.717) is 31.1 Å². The number of thiazole rings is 2. The van der Waals surface area contributed by atoms with Gasteiger partial charge in [0.2, 0.25) is 0 Å². The van der Waals surface area contributed by atoms with Gasteiger partial charge in [-0.2, -0.15) is 0 Å². The zero-order valence-corrected chi connectivity index (χ0v) is 14.2. The lowest BCUT2D eigenvalue weighted by molar-refractivity contribution is -0.385. The smallest absolute Gasteiger partial charge is 0.258 e.